The van der Waals surface area contributed by atoms with E-state index < -0.39 is 0 Å². The van der Waals surface area contributed by atoms with Crippen molar-refractivity contribution >= 4 is 6.01 Å². The van der Waals surface area contributed by atoms with Crippen LogP contribution in [-0.2, 0) is 6.54 Å². The SMILES string of the molecule is CCC1CCCN(c2nnc(CNC3CC3)o2)CC1. The molecule has 1 aromatic rings. The molecule has 2 heterocycles. The average molecular weight is 264 g/mol. The van der Waals surface area contributed by atoms with Crippen LogP contribution in [0.2, 0.25) is 0 Å². The second-order valence-corrected chi connectivity index (χ2v) is 5.83. The van der Waals surface area contributed by atoms with E-state index in [1.54, 1.807) is 0 Å². The van der Waals surface area contributed by atoms with Crippen LogP contribution in [0.15, 0.2) is 4.42 Å². The Morgan fingerprint density at radius 2 is 2.11 bits per heavy atom. The van der Waals surface area contributed by atoms with Crippen molar-refractivity contribution < 1.29 is 4.42 Å². The van der Waals surface area contributed by atoms with Gasteiger partial charge in [0, 0.05) is 19.1 Å². The molecule has 19 heavy (non-hydrogen) atoms. The number of hydrogen-bond acceptors (Lipinski definition) is 5. The van der Waals surface area contributed by atoms with E-state index in [0.29, 0.717) is 18.6 Å². The second-order valence-electron chi connectivity index (χ2n) is 5.83. The summed E-state index contributed by atoms with van der Waals surface area (Å²) in [5.41, 5.74) is 0. The van der Waals surface area contributed by atoms with Crippen molar-refractivity contribution in [3.05, 3.63) is 5.89 Å². The summed E-state index contributed by atoms with van der Waals surface area (Å²) in [5.74, 6) is 1.59. The third kappa shape index (κ3) is 3.47. The molecule has 106 valence electrons. The molecule has 0 amide bonds. The molecule has 1 aromatic heterocycles. The molecule has 1 aliphatic carbocycles. The van der Waals surface area contributed by atoms with Crippen LogP contribution >= 0.6 is 0 Å². The minimum absolute atomic E-state index is 0.679. The maximum atomic E-state index is 5.77. The predicted octanol–water partition coefficient (Wildman–Crippen LogP) is 2.34. The smallest absolute Gasteiger partial charge is 0.318 e. The molecule has 0 radical (unpaired) electrons. The van der Waals surface area contributed by atoms with Gasteiger partial charge in [-0.2, -0.15) is 0 Å². The average Bonchev–Trinajstić information content (AvgIpc) is 3.20. The van der Waals surface area contributed by atoms with Crippen LogP contribution in [0.25, 0.3) is 0 Å². The highest BCUT2D eigenvalue weighted by Gasteiger charge is 2.22. The van der Waals surface area contributed by atoms with Gasteiger partial charge in [-0.25, -0.2) is 0 Å². The quantitative estimate of drug-likeness (QED) is 0.884. The van der Waals surface area contributed by atoms with Crippen LogP contribution in [0.3, 0.4) is 0 Å². The van der Waals surface area contributed by atoms with Crippen molar-refractivity contribution in [3.8, 4) is 0 Å². The topological polar surface area (TPSA) is 54.2 Å². The lowest BCUT2D eigenvalue weighted by molar-refractivity contribution is 0.450. The minimum atomic E-state index is 0.679. The monoisotopic (exact) mass is 264 g/mol. The van der Waals surface area contributed by atoms with Gasteiger partial charge in [-0.05, 0) is 38.0 Å². The summed E-state index contributed by atoms with van der Waals surface area (Å²) >= 11 is 0. The fourth-order valence-corrected chi connectivity index (χ4v) is 2.73. The van der Waals surface area contributed by atoms with Gasteiger partial charge in [-0.3, -0.25) is 0 Å². The lowest BCUT2D eigenvalue weighted by Crippen LogP contribution is -2.24. The molecular weight excluding hydrogens is 240 g/mol. The molecule has 0 spiro atoms. The first-order chi connectivity index (χ1) is 9.35. The lowest BCUT2D eigenvalue weighted by Gasteiger charge is -2.17. The highest BCUT2D eigenvalue weighted by molar-refractivity contribution is 5.24. The Hall–Kier alpha value is -1.10. The summed E-state index contributed by atoms with van der Waals surface area (Å²) in [7, 11) is 0. The van der Waals surface area contributed by atoms with Crippen LogP contribution < -0.4 is 10.2 Å². The number of anilines is 1. The Labute approximate surface area is 114 Å². The molecule has 1 aliphatic heterocycles. The first-order valence-corrected chi connectivity index (χ1v) is 7.66. The predicted molar refractivity (Wildman–Crippen MR) is 74.0 cm³/mol. The van der Waals surface area contributed by atoms with Crippen LogP contribution in [0.5, 0.6) is 0 Å². The van der Waals surface area contributed by atoms with Crippen molar-refractivity contribution in [1.29, 1.82) is 0 Å². The summed E-state index contributed by atoms with van der Waals surface area (Å²) in [6.07, 6.45) is 7.66. The van der Waals surface area contributed by atoms with Crippen molar-refractivity contribution in [2.24, 2.45) is 5.92 Å². The van der Waals surface area contributed by atoms with E-state index >= 15 is 0 Å². The van der Waals surface area contributed by atoms with E-state index in [2.05, 4.69) is 27.3 Å². The molecular formula is C14H24N4O. The maximum absolute atomic E-state index is 5.77. The summed E-state index contributed by atoms with van der Waals surface area (Å²) in [6.45, 7) is 5.10. The number of hydrogen-bond donors (Lipinski definition) is 1. The maximum Gasteiger partial charge on any atom is 0.318 e. The first kappa shape index (κ1) is 12.9. The zero-order valence-corrected chi connectivity index (χ0v) is 11.8. The molecule has 3 rings (SSSR count). The van der Waals surface area contributed by atoms with Gasteiger partial charge in [0.25, 0.3) is 0 Å². The molecule has 1 N–H and O–H groups in total. The van der Waals surface area contributed by atoms with Crippen molar-refractivity contribution in [2.45, 2.75) is 58.0 Å². The summed E-state index contributed by atoms with van der Waals surface area (Å²) in [6, 6.07) is 1.39. The van der Waals surface area contributed by atoms with Gasteiger partial charge in [-0.1, -0.05) is 18.4 Å². The number of aromatic nitrogens is 2. The van der Waals surface area contributed by atoms with Gasteiger partial charge >= 0.3 is 6.01 Å². The van der Waals surface area contributed by atoms with Crippen molar-refractivity contribution in [2.75, 3.05) is 18.0 Å². The third-order valence-electron chi connectivity index (χ3n) is 4.27. The summed E-state index contributed by atoms with van der Waals surface area (Å²) in [5, 5.41) is 11.7. The van der Waals surface area contributed by atoms with E-state index in [9.17, 15) is 0 Å². The van der Waals surface area contributed by atoms with Crippen LogP contribution in [-0.4, -0.2) is 29.3 Å². The van der Waals surface area contributed by atoms with E-state index in [1.807, 2.05) is 0 Å². The number of nitrogens with zero attached hydrogens (tertiary/aromatic N) is 3. The van der Waals surface area contributed by atoms with Crippen LogP contribution in [0, 0.1) is 5.92 Å². The second kappa shape index (κ2) is 5.90. The van der Waals surface area contributed by atoms with Crippen molar-refractivity contribution in [1.82, 2.24) is 15.5 Å². The third-order valence-corrected chi connectivity index (χ3v) is 4.27. The molecule has 2 aliphatic rings. The largest absolute Gasteiger partial charge is 0.407 e. The zero-order chi connectivity index (χ0) is 13.1. The number of nitrogens with one attached hydrogen (secondary N) is 1. The minimum Gasteiger partial charge on any atom is -0.407 e. The molecule has 5 nitrogen and oxygen atoms in total. The lowest BCUT2D eigenvalue weighted by atomic mass is 9.98. The van der Waals surface area contributed by atoms with Crippen LogP contribution in [0.1, 0.15) is 51.3 Å². The molecule has 1 unspecified atom stereocenters. The molecule has 1 atom stereocenters. The van der Waals surface area contributed by atoms with Gasteiger partial charge in [0.05, 0.1) is 6.54 Å². The van der Waals surface area contributed by atoms with E-state index in [0.717, 1.165) is 24.9 Å². The Bertz CT molecular complexity index is 402. The normalized spacial score (nSPS) is 24.5. The van der Waals surface area contributed by atoms with Gasteiger partial charge in [0.15, 0.2) is 0 Å². The molecule has 5 heteroatoms. The first-order valence-electron chi connectivity index (χ1n) is 7.66. The van der Waals surface area contributed by atoms with Gasteiger partial charge < -0.3 is 14.6 Å². The molecule has 0 bridgehead atoms. The summed E-state index contributed by atoms with van der Waals surface area (Å²) in [4.78, 5) is 2.25. The molecule has 1 saturated carbocycles. The van der Waals surface area contributed by atoms with Gasteiger partial charge in [0.1, 0.15) is 0 Å². The highest BCUT2D eigenvalue weighted by Crippen LogP contribution is 2.24. The van der Waals surface area contributed by atoms with Crippen LogP contribution in [0.4, 0.5) is 6.01 Å². The van der Waals surface area contributed by atoms with E-state index in [4.69, 9.17) is 4.42 Å². The Balaban J connectivity index is 1.55. The molecule has 2 fully saturated rings. The van der Waals surface area contributed by atoms with Crippen molar-refractivity contribution in [3.63, 3.8) is 0 Å². The fraction of sp³-hybridized carbons (Fsp3) is 0.857. The van der Waals surface area contributed by atoms with E-state index in [1.165, 1.54) is 38.5 Å². The molecule has 1 saturated heterocycles. The van der Waals surface area contributed by atoms with Gasteiger partial charge in [-0.15, -0.1) is 5.10 Å². The summed E-state index contributed by atoms with van der Waals surface area (Å²) < 4.78 is 5.77. The Kier molecular flexibility index (Phi) is 4.01. The number of rotatable bonds is 5. The fourth-order valence-electron chi connectivity index (χ4n) is 2.73. The van der Waals surface area contributed by atoms with Gasteiger partial charge in [0.2, 0.25) is 5.89 Å². The van der Waals surface area contributed by atoms with E-state index in [-0.39, 0.29) is 0 Å². The Morgan fingerprint density at radius 1 is 1.21 bits per heavy atom. The molecule has 0 aromatic carbocycles. The highest BCUT2D eigenvalue weighted by atomic mass is 16.4. The standard InChI is InChI=1S/C14H24N4O/c1-2-11-4-3-8-18(9-7-11)14-17-16-13(19-14)10-15-12-5-6-12/h11-12,15H,2-10H2,1H3. The Morgan fingerprint density at radius 3 is 2.89 bits per heavy atom. The zero-order valence-electron chi connectivity index (χ0n) is 11.8.